The van der Waals surface area contributed by atoms with E-state index in [-0.39, 0.29) is 0 Å². The minimum Gasteiger partial charge on any atom is -0.295 e. The van der Waals surface area contributed by atoms with Crippen molar-refractivity contribution in [3.63, 3.8) is 0 Å². The lowest BCUT2D eigenvalue weighted by atomic mass is 9.92. The number of ketones is 1. The Morgan fingerprint density at radius 1 is 1.38 bits per heavy atom. The Bertz CT molecular complexity index is 320. The van der Waals surface area contributed by atoms with Crippen molar-refractivity contribution < 1.29 is 4.79 Å². The van der Waals surface area contributed by atoms with Crippen LogP contribution in [0.5, 0.6) is 0 Å². The first-order valence-electron chi connectivity index (χ1n) is 6.24. The molecule has 88 valence electrons. The van der Waals surface area contributed by atoms with Gasteiger partial charge in [0.15, 0.2) is 5.78 Å². The molecule has 0 aromatic heterocycles. The lowest BCUT2D eigenvalue weighted by molar-refractivity contribution is -0.115. The number of Topliss-reactive ketones (excluding diaryl/α,β-unsaturated/α-hetero) is 1. The monoisotopic (exact) mass is 218 g/mol. The summed E-state index contributed by atoms with van der Waals surface area (Å²) in [7, 11) is 0. The summed E-state index contributed by atoms with van der Waals surface area (Å²) >= 11 is 0. The van der Waals surface area contributed by atoms with Crippen molar-refractivity contribution in [3.05, 3.63) is 36.0 Å². The number of carbonyl (C=O) groups is 1. The van der Waals surface area contributed by atoms with Gasteiger partial charge in [-0.1, -0.05) is 38.7 Å². The fourth-order valence-corrected chi connectivity index (χ4v) is 2.28. The van der Waals surface area contributed by atoms with Gasteiger partial charge < -0.3 is 0 Å². The lowest BCUT2D eigenvalue weighted by Crippen LogP contribution is -2.07. The zero-order chi connectivity index (χ0) is 12.0. The van der Waals surface area contributed by atoms with Crippen LogP contribution >= 0.6 is 0 Å². The van der Waals surface area contributed by atoms with Crippen molar-refractivity contribution in [2.45, 2.75) is 46.0 Å². The topological polar surface area (TPSA) is 17.1 Å². The molecular weight excluding hydrogens is 196 g/mol. The fourth-order valence-electron chi connectivity index (χ4n) is 2.28. The van der Waals surface area contributed by atoms with Gasteiger partial charge in [-0.05, 0) is 37.2 Å². The fraction of sp³-hybridized carbons (Fsp3) is 0.533. The molecule has 0 saturated heterocycles. The molecule has 1 heteroatoms. The van der Waals surface area contributed by atoms with Crippen molar-refractivity contribution in [2.75, 3.05) is 0 Å². The molecule has 0 fully saturated rings. The first-order chi connectivity index (χ1) is 7.70. The average Bonchev–Trinajstić information content (AvgIpc) is 2.65. The van der Waals surface area contributed by atoms with Crippen molar-refractivity contribution in [1.29, 1.82) is 0 Å². The number of rotatable bonds is 6. The lowest BCUT2D eigenvalue weighted by Gasteiger charge is -2.12. The van der Waals surface area contributed by atoms with E-state index >= 15 is 0 Å². The van der Waals surface area contributed by atoms with Crippen LogP contribution in [-0.4, -0.2) is 5.78 Å². The maximum absolute atomic E-state index is 11.8. The van der Waals surface area contributed by atoms with Crippen LogP contribution in [0.4, 0.5) is 0 Å². The highest BCUT2D eigenvalue weighted by atomic mass is 16.1. The molecule has 0 bridgehead atoms. The van der Waals surface area contributed by atoms with Gasteiger partial charge >= 0.3 is 0 Å². The van der Waals surface area contributed by atoms with Gasteiger partial charge in [0.2, 0.25) is 0 Å². The Morgan fingerprint density at radius 3 is 2.75 bits per heavy atom. The third-order valence-electron chi connectivity index (χ3n) is 3.18. The molecule has 1 aliphatic rings. The molecule has 0 aromatic carbocycles. The molecule has 0 spiro atoms. The summed E-state index contributed by atoms with van der Waals surface area (Å²) in [6, 6.07) is 0. The molecule has 0 aromatic rings. The molecule has 0 N–H and O–H groups in total. The van der Waals surface area contributed by atoms with Gasteiger partial charge in [0, 0.05) is 12.0 Å². The highest BCUT2D eigenvalue weighted by Gasteiger charge is 2.24. The minimum atomic E-state index is 0.335. The number of carbonyl (C=O) groups excluding carboxylic acids is 1. The summed E-state index contributed by atoms with van der Waals surface area (Å²) in [6.07, 6.45) is 11.1. The van der Waals surface area contributed by atoms with E-state index in [1.165, 1.54) is 5.57 Å². The van der Waals surface area contributed by atoms with Crippen LogP contribution < -0.4 is 0 Å². The second-order valence-electron chi connectivity index (χ2n) is 4.42. The normalized spacial score (nSPS) is 18.5. The first-order valence-corrected chi connectivity index (χ1v) is 6.24. The molecule has 1 nitrogen and oxygen atoms in total. The molecule has 0 radical (unpaired) electrons. The summed E-state index contributed by atoms with van der Waals surface area (Å²) in [4.78, 5) is 11.8. The van der Waals surface area contributed by atoms with Crippen molar-refractivity contribution in [2.24, 2.45) is 5.92 Å². The van der Waals surface area contributed by atoms with Crippen molar-refractivity contribution in [3.8, 4) is 0 Å². The quantitative estimate of drug-likeness (QED) is 0.610. The Balaban J connectivity index is 2.58. The number of hydrogen-bond acceptors (Lipinski definition) is 1. The molecule has 1 aliphatic carbocycles. The van der Waals surface area contributed by atoms with Gasteiger partial charge in [-0.3, -0.25) is 4.79 Å². The Kier molecular flexibility index (Phi) is 5.24. The SMILES string of the molecule is C=CC1=C(C(C)CCC=CCC)C(=O)CC1. The van der Waals surface area contributed by atoms with Crippen LogP contribution in [0.1, 0.15) is 46.0 Å². The third-order valence-corrected chi connectivity index (χ3v) is 3.18. The molecule has 0 saturated carbocycles. The van der Waals surface area contributed by atoms with Gasteiger partial charge in [-0.2, -0.15) is 0 Å². The predicted octanol–water partition coefficient (Wildman–Crippen LogP) is 4.21. The maximum Gasteiger partial charge on any atom is 0.159 e. The smallest absolute Gasteiger partial charge is 0.159 e. The van der Waals surface area contributed by atoms with Gasteiger partial charge in [0.25, 0.3) is 0 Å². The van der Waals surface area contributed by atoms with E-state index in [2.05, 4.69) is 32.6 Å². The summed E-state index contributed by atoms with van der Waals surface area (Å²) in [5, 5.41) is 0. The van der Waals surface area contributed by atoms with E-state index in [9.17, 15) is 4.79 Å². The zero-order valence-corrected chi connectivity index (χ0v) is 10.5. The highest BCUT2D eigenvalue weighted by Crippen LogP contribution is 2.31. The van der Waals surface area contributed by atoms with Crippen LogP contribution in [0.25, 0.3) is 0 Å². The summed E-state index contributed by atoms with van der Waals surface area (Å²) in [5.74, 6) is 0.714. The Labute approximate surface area is 98.9 Å². The van der Waals surface area contributed by atoms with E-state index in [0.29, 0.717) is 18.1 Å². The van der Waals surface area contributed by atoms with E-state index in [4.69, 9.17) is 0 Å². The molecule has 0 heterocycles. The molecule has 1 rings (SSSR count). The van der Waals surface area contributed by atoms with Crippen molar-refractivity contribution >= 4 is 5.78 Å². The van der Waals surface area contributed by atoms with Crippen LogP contribution in [-0.2, 0) is 4.79 Å². The van der Waals surface area contributed by atoms with Crippen molar-refractivity contribution in [1.82, 2.24) is 0 Å². The van der Waals surface area contributed by atoms with E-state index < -0.39 is 0 Å². The number of allylic oxidation sites excluding steroid dienone is 5. The molecule has 16 heavy (non-hydrogen) atoms. The molecule has 1 unspecified atom stereocenters. The second kappa shape index (κ2) is 6.47. The van der Waals surface area contributed by atoms with Crippen LogP contribution in [0.2, 0.25) is 0 Å². The third kappa shape index (κ3) is 3.19. The average molecular weight is 218 g/mol. The Hall–Kier alpha value is -1.11. The predicted molar refractivity (Wildman–Crippen MR) is 69.3 cm³/mol. The van der Waals surface area contributed by atoms with Crippen LogP contribution in [0, 0.1) is 5.92 Å². The molecule has 0 aliphatic heterocycles. The summed E-state index contributed by atoms with van der Waals surface area (Å²) < 4.78 is 0. The second-order valence-corrected chi connectivity index (χ2v) is 4.42. The van der Waals surface area contributed by atoms with Crippen LogP contribution in [0.15, 0.2) is 36.0 Å². The first kappa shape index (κ1) is 13.0. The highest BCUT2D eigenvalue weighted by molar-refractivity contribution is 5.99. The van der Waals surface area contributed by atoms with Gasteiger partial charge in [0.1, 0.15) is 0 Å². The summed E-state index contributed by atoms with van der Waals surface area (Å²) in [5.41, 5.74) is 2.22. The van der Waals surface area contributed by atoms with E-state index in [1.54, 1.807) is 0 Å². The summed E-state index contributed by atoms with van der Waals surface area (Å²) in [6.45, 7) is 8.09. The van der Waals surface area contributed by atoms with E-state index in [0.717, 1.165) is 31.3 Å². The standard InChI is InChI=1S/C15H22O/c1-4-6-7-8-9-12(3)15-13(5-2)10-11-14(15)16/h5-7,12H,2,4,8-11H2,1,3H3. The Morgan fingerprint density at radius 2 is 2.12 bits per heavy atom. The minimum absolute atomic E-state index is 0.335. The largest absolute Gasteiger partial charge is 0.295 e. The maximum atomic E-state index is 11.8. The van der Waals surface area contributed by atoms with E-state index in [1.807, 2.05) is 6.08 Å². The molecule has 0 amide bonds. The van der Waals surface area contributed by atoms with Gasteiger partial charge in [-0.15, -0.1) is 0 Å². The van der Waals surface area contributed by atoms with Gasteiger partial charge in [-0.25, -0.2) is 0 Å². The zero-order valence-electron chi connectivity index (χ0n) is 10.5. The van der Waals surface area contributed by atoms with Crippen LogP contribution in [0.3, 0.4) is 0 Å². The van der Waals surface area contributed by atoms with Gasteiger partial charge in [0.05, 0.1) is 0 Å². The molecule has 1 atom stereocenters. The molecular formula is C15H22O. The number of hydrogen-bond donors (Lipinski definition) is 0.